The molecule has 0 aliphatic carbocycles. The summed E-state index contributed by atoms with van der Waals surface area (Å²) in [4.78, 5) is 11.5. The second-order valence-electron chi connectivity index (χ2n) is 3.82. The van der Waals surface area contributed by atoms with Crippen LogP contribution in [0.5, 0.6) is 11.5 Å². The minimum absolute atomic E-state index is 0.0605. The number of ether oxygens (including phenoxy) is 2. The number of amides is 1. The normalized spacial score (nSPS) is 15.5. The molecule has 1 aliphatic rings. The van der Waals surface area contributed by atoms with Gasteiger partial charge in [0.15, 0.2) is 23.2 Å². The Morgan fingerprint density at radius 3 is 2.80 bits per heavy atom. The van der Waals surface area contributed by atoms with Crippen LogP contribution in [0.1, 0.15) is 5.56 Å². The van der Waals surface area contributed by atoms with Gasteiger partial charge in [-0.3, -0.25) is 10.1 Å². The summed E-state index contributed by atoms with van der Waals surface area (Å²) in [7, 11) is 1.50. The number of nitrogens with one attached hydrogen (secondary N) is 2. The molecular formula is C13H11N3O3S. The van der Waals surface area contributed by atoms with E-state index in [1.807, 2.05) is 6.07 Å². The zero-order valence-corrected chi connectivity index (χ0v) is 11.4. The third-order valence-electron chi connectivity index (χ3n) is 2.51. The molecule has 0 saturated carbocycles. The quantitative estimate of drug-likeness (QED) is 0.634. The Bertz CT molecular complexity index is 634. The maximum absolute atomic E-state index is 11.5. The van der Waals surface area contributed by atoms with E-state index >= 15 is 0 Å². The number of nitrogens with zero attached hydrogens (tertiary/aromatic N) is 1. The van der Waals surface area contributed by atoms with Gasteiger partial charge in [-0.05, 0) is 36.0 Å². The Labute approximate surface area is 121 Å². The van der Waals surface area contributed by atoms with E-state index in [-0.39, 0.29) is 17.6 Å². The number of carbonyl (C=O) groups excluding carboxylic acids is 1. The van der Waals surface area contributed by atoms with Crippen molar-refractivity contribution in [1.82, 2.24) is 10.6 Å². The van der Waals surface area contributed by atoms with Crippen LogP contribution in [-0.2, 0) is 4.79 Å². The van der Waals surface area contributed by atoms with E-state index < -0.39 is 0 Å². The summed E-state index contributed by atoms with van der Waals surface area (Å²) >= 11 is 4.85. The monoisotopic (exact) mass is 289 g/mol. The molecule has 1 amide bonds. The van der Waals surface area contributed by atoms with Crippen LogP contribution in [0.4, 0.5) is 0 Å². The summed E-state index contributed by atoms with van der Waals surface area (Å²) in [6, 6.07) is 7.01. The number of carbonyl (C=O) groups is 1. The first kappa shape index (κ1) is 13.8. The van der Waals surface area contributed by atoms with E-state index in [2.05, 4.69) is 10.6 Å². The largest absolute Gasteiger partial charge is 0.493 e. The zero-order valence-electron chi connectivity index (χ0n) is 10.6. The van der Waals surface area contributed by atoms with Gasteiger partial charge < -0.3 is 14.8 Å². The summed E-state index contributed by atoms with van der Waals surface area (Å²) in [5.41, 5.74) is 1.11. The number of nitriles is 1. The maximum Gasteiger partial charge on any atom is 0.273 e. The summed E-state index contributed by atoms with van der Waals surface area (Å²) in [6.45, 7) is -0.0605. The molecule has 102 valence electrons. The average molecular weight is 289 g/mol. The van der Waals surface area contributed by atoms with Gasteiger partial charge in [0.2, 0.25) is 0 Å². The lowest BCUT2D eigenvalue weighted by Gasteiger charge is -2.09. The molecule has 0 radical (unpaired) electrons. The molecule has 0 atom stereocenters. The second kappa shape index (κ2) is 6.04. The van der Waals surface area contributed by atoms with E-state index in [1.54, 1.807) is 24.3 Å². The highest BCUT2D eigenvalue weighted by molar-refractivity contribution is 7.80. The van der Waals surface area contributed by atoms with Crippen molar-refractivity contribution >= 4 is 29.3 Å². The first-order valence-electron chi connectivity index (χ1n) is 5.66. The molecule has 0 unspecified atom stereocenters. The molecule has 2 rings (SSSR count). The Morgan fingerprint density at radius 2 is 2.20 bits per heavy atom. The lowest BCUT2D eigenvalue weighted by Crippen LogP contribution is -2.21. The number of hydrogen-bond donors (Lipinski definition) is 2. The molecule has 1 heterocycles. The highest BCUT2D eigenvalue weighted by Gasteiger charge is 2.20. The topological polar surface area (TPSA) is 83.4 Å². The van der Waals surface area contributed by atoms with E-state index in [1.165, 1.54) is 7.11 Å². The lowest BCUT2D eigenvalue weighted by atomic mass is 10.1. The highest BCUT2D eigenvalue weighted by Crippen LogP contribution is 2.28. The number of benzene rings is 1. The van der Waals surface area contributed by atoms with Crippen LogP contribution in [0.2, 0.25) is 0 Å². The molecular weight excluding hydrogens is 278 g/mol. The number of rotatable bonds is 4. The fraction of sp³-hybridized carbons (Fsp3) is 0.154. The average Bonchev–Trinajstić information content (AvgIpc) is 2.75. The summed E-state index contributed by atoms with van der Waals surface area (Å²) in [5, 5.41) is 14.0. The predicted molar refractivity (Wildman–Crippen MR) is 76.0 cm³/mol. The van der Waals surface area contributed by atoms with Crippen LogP contribution in [0.25, 0.3) is 6.08 Å². The van der Waals surface area contributed by atoms with Crippen LogP contribution in [0, 0.1) is 11.3 Å². The van der Waals surface area contributed by atoms with Gasteiger partial charge >= 0.3 is 0 Å². The third kappa shape index (κ3) is 3.05. The van der Waals surface area contributed by atoms with Crippen LogP contribution in [0.15, 0.2) is 23.9 Å². The van der Waals surface area contributed by atoms with Gasteiger partial charge in [0.1, 0.15) is 11.8 Å². The summed E-state index contributed by atoms with van der Waals surface area (Å²) < 4.78 is 10.4. The molecule has 1 aromatic rings. The first-order chi connectivity index (χ1) is 9.63. The van der Waals surface area contributed by atoms with Gasteiger partial charge in [-0.15, -0.1) is 0 Å². The molecule has 6 nitrogen and oxygen atoms in total. The smallest absolute Gasteiger partial charge is 0.273 e. The van der Waals surface area contributed by atoms with E-state index in [4.69, 9.17) is 27.0 Å². The molecule has 1 aliphatic heterocycles. The van der Waals surface area contributed by atoms with Gasteiger partial charge in [0, 0.05) is 0 Å². The number of thiocarbonyl (C=S) groups is 1. The van der Waals surface area contributed by atoms with Gasteiger partial charge in [-0.2, -0.15) is 5.26 Å². The molecule has 0 bridgehead atoms. The molecule has 1 saturated heterocycles. The lowest BCUT2D eigenvalue weighted by molar-refractivity contribution is -0.115. The number of hydrogen-bond acceptors (Lipinski definition) is 5. The van der Waals surface area contributed by atoms with Crippen molar-refractivity contribution in [3.05, 3.63) is 29.5 Å². The van der Waals surface area contributed by atoms with Crippen molar-refractivity contribution in [2.45, 2.75) is 0 Å². The third-order valence-corrected chi connectivity index (χ3v) is 2.71. The first-order valence-corrected chi connectivity index (χ1v) is 6.06. The van der Waals surface area contributed by atoms with Crippen LogP contribution in [0.3, 0.4) is 0 Å². The van der Waals surface area contributed by atoms with Crippen LogP contribution >= 0.6 is 12.2 Å². The summed E-state index contributed by atoms with van der Waals surface area (Å²) in [6.07, 6.45) is 1.64. The number of methoxy groups -OCH3 is 1. The second-order valence-corrected chi connectivity index (χ2v) is 4.23. The van der Waals surface area contributed by atoms with Crippen molar-refractivity contribution in [2.24, 2.45) is 0 Å². The predicted octanol–water partition coefficient (Wildman–Crippen LogP) is 0.943. The van der Waals surface area contributed by atoms with E-state index in [0.29, 0.717) is 17.2 Å². The molecule has 20 heavy (non-hydrogen) atoms. The van der Waals surface area contributed by atoms with Crippen molar-refractivity contribution in [3.8, 4) is 17.6 Å². The van der Waals surface area contributed by atoms with E-state index in [0.717, 1.165) is 5.56 Å². The molecule has 0 aromatic heterocycles. The SMILES string of the molecule is COc1cc(/C=C2/NC(=S)NC2=O)ccc1OCC#N. The standard InChI is InChI=1S/C13H11N3O3S/c1-18-11-7-8(2-3-10(11)19-5-4-14)6-9-12(17)16-13(20)15-9/h2-3,6-7H,5H2,1H3,(H2,15,16,17,20)/b9-6+. The zero-order chi connectivity index (χ0) is 14.5. The van der Waals surface area contributed by atoms with Gasteiger partial charge in [0.05, 0.1) is 7.11 Å². The van der Waals surface area contributed by atoms with E-state index in [9.17, 15) is 4.79 Å². The Balaban J connectivity index is 2.26. The fourth-order valence-electron chi connectivity index (χ4n) is 1.65. The highest BCUT2D eigenvalue weighted by atomic mass is 32.1. The minimum Gasteiger partial charge on any atom is -0.493 e. The van der Waals surface area contributed by atoms with Crippen LogP contribution < -0.4 is 20.1 Å². The molecule has 2 N–H and O–H groups in total. The van der Waals surface area contributed by atoms with Crippen molar-refractivity contribution in [1.29, 1.82) is 5.26 Å². The van der Waals surface area contributed by atoms with Crippen molar-refractivity contribution in [3.63, 3.8) is 0 Å². The van der Waals surface area contributed by atoms with Crippen LogP contribution in [-0.4, -0.2) is 24.7 Å². The van der Waals surface area contributed by atoms with Crippen molar-refractivity contribution in [2.75, 3.05) is 13.7 Å². The fourth-order valence-corrected chi connectivity index (χ4v) is 1.85. The van der Waals surface area contributed by atoms with Gasteiger partial charge in [-0.1, -0.05) is 6.07 Å². The Hall–Kier alpha value is -2.59. The molecule has 1 fully saturated rings. The molecule has 0 spiro atoms. The maximum atomic E-state index is 11.5. The Kier molecular flexibility index (Phi) is 4.17. The molecule has 1 aromatic carbocycles. The van der Waals surface area contributed by atoms with Crippen molar-refractivity contribution < 1.29 is 14.3 Å². The Morgan fingerprint density at radius 1 is 1.40 bits per heavy atom. The van der Waals surface area contributed by atoms with Gasteiger partial charge in [0.25, 0.3) is 5.91 Å². The van der Waals surface area contributed by atoms with Gasteiger partial charge in [-0.25, -0.2) is 0 Å². The summed E-state index contributed by atoms with van der Waals surface area (Å²) in [5.74, 6) is 0.671. The molecule has 7 heteroatoms. The minimum atomic E-state index is -0.279.